The maximum absolute atomic E-state index is 13.1. The smallest absolute Gasteiger partial charge is 0.232 e. The van der Waals surface area contributed by atoms with Gasteiger partial charge in [0.15, 0.2) is 0 Å². The third-order valence-corrected chi connectivity index (χ3v) is 5.61. The minimum absolute atomic E-state index is 0.0571. The van der Waals surface area contributed by atoms with E-state index in [1.807, 2.05) is 0 Å². The van der Waals surface area contributed by atoms with Crippen LogP contribution in [0.25, 0.3) is 0 Å². The van der Waals surface area contributed by atoms with Crippen LogP contribution >= 0.6 is 0 Å². The van der Waals surface area contributed by atoms with Crippen molar-refractivity contribution in [3.05, 3.63) is 0 Å². The molecule has 0 radical (unpaired) electrons. The van der Waals surface area contributed by atoms with Gasteiger partial charge in [0, 0.05) is 38.3 Å². The number of carbonyl (C=O) groups is 1. The van der Waals surface area contributed by atoms with Crippen molar-refractivity contribution in [3.8, 4) is 0 Å². The molecule has 0 aromatic heterocycles. The number of fused-ring (bicyclic) bond motifs is 1. The fourth-order valence-corrected chi connectivity index (χ4v) is 3.88. The Balaban J connectivity index is 1.78. The van der Waals surface area contributed by atoms with Crippen LogP contribution in [-0.4, -0.2) is 74.2 Å². The molecule has 0 unspecified atom stereocenters. The molecule has 3 aliphatic rings. The zero-order valence-corrected chi connectivity index (χ0v) is 12.9. The summed E-state index contributed by atoms with van der Waals surface area (Å²) in [6.07, 6.45) is 1.01. The first-order chi connectivity index (χ1) is 9.46. The van der Waals surface area contributed by atoms with E-state index in [4.69, 9.17) is 4.74 Å². The second kappa shape index (κ2) is 4.97. The monoisotopic (exact) mass is 281 g/mol. The van der Waals surface area contributed by atoms with Gasteiger partial charge in [0.1, 0.15) is 0 Å². The normalized spacial score (nSPS) is 37.8. The van der Waals surface area contributed by atoms with E-state index in [-0.39, 0.29) is 11.0 Å². The summed E-state index contributed by atoms with van der Waals surface area (Å²) >= 11 is 0. The van der Waals surface area contributed by atoms with Gasteiger partial charge in [0.2, 0.25) is 5.91 Å². The molecule has 3 fully saturated rings. The highest BCUT2D eigenvalue weighted by atomic mass is 16.5. The van der Waals surface area contributed by atoms with E-state index >= 15 is 0 Å². The zero-order valence-electron chi connectivity index (χ0n) is 12.9. The van der Waals surface area contributed by atoms with Crippen molar-refractivity contribution in [2.75, 3.05) is 53.0 Å². The van der Waals surface area contributed by atoms with Crippen molar-refractivity contribution in [1.82, 2.24) is 15.1 Å². The number of hydrogen-bond donors (Lipinski definition) is 1. The summed E-state index contributed by atoms with van der Waals surface area (Å²) in [5.74, 6) is 0.764. The summed E-state index contributed by atoms with van der Waals surface area (Å²) in [4.78, 5) is 17.6. The van der Waals surface area contributed by atoms with E-state index in [0.717, 1.165) is 45.8 Å². The number of hydrogen-bond acceptors (Lipinski definition) is 4. The predicted octanol–water partition coefficient (Wildman–Crippen LogP) is 0.165. The van der Waals surface area contributed by atoms with Gasteiger partial charge < -0.3 is 15.0 Å². The number of likely N-dealkylation sites (N-methyl/N-ethyl adjacent to an activating group) is 1. The third-order valence-electron chi connectivity index (χ3n) is 5.61. The van der Waals surface area contributed by atoms with Gasteiger partial charge in [-0.15, -0.1) is 0 Å². The highest BCUT2D eigenvalue weighted by molar-refractivity contribution is 5.84. The van der Waals surface area contributed by atoms with Crippen molar-refractivity contribution in [3.63, 3.8) is 0 Å². The molecule has 0 aliphatic carbocycles. The molecule has 0 aromatic carbocycles. The lowest BCUT2D eigenvalue weighted by Gasteiger charge is -2.48. The standard InChI is InChI=1S/C15H27N3O2/c1-14(2)10-18(6-5-17(14)3)13(19)15-9-16-8-12(15)4-7-20-11-15/h12,16H,4-11H2,1-3H3/t12-,15+/m1/s1. The molecule has 0 aromatic rings. The Hall–Kier alpha value is -0.650. The average molecular weight is 281 g/mol. The molecule has 114 valence electrons. The Bertz CT molecular complexity index is 399. The molecule has 20 heavy (non-hydrogen) atoms. The number of nitrogens with zero attached hydrogens (tertiary/aromatic N) is 2. The molecular formula is C15H27N3O2. The Kier molecular flexibility index (Phi) is 3.55. The maximum Gasteiger partial charge on any atom is 0.232 e. The first-order valence-corrected chi connectivity index (χ1v) is 7.75. The molecule has 3 rings (SSSR count). The van der Waals surface area contributed by atoms with Gasteiger partial charge in [-0.05, 0) is 39.8 Å². The van der Waals surface area contributed by atoms with E-state index < -0.39 is 0 Å². The molecule has 0 bridgehead atoms. The highest BCUT2D eigenvalue weighted by Gasteiger charge is 2.53. The summed E-state index contributed by atoms with van der Waals surface area (Å²) in [6.45, 7) is 10.2. The van der Waals surface area contributed by atoms with Crippen molar-refractivity contribution in [2.24, 2.45) is 11.3 Å². The molecule has 0 spiro atoms. The quantitative estimate of drug-likeness (QED) is 0.744. The number of ether oxygens (including phenoxy) is 1. The zero-order chi connectivity index (χ0) is 14.4. The molecule has 3 saturated heterocycles. The average Bonchev–Trinajstić information content (AvgIpc) is 2.86. The summed E-state index contributed by atoms with van der Waals surface area (Å²) in [7, 11) is 2.14. The Morgan fingerprint density at radius 2 is 2.15 bits per heavy atom. The topological polar surface area (TPSA) is 44.8 Å². The van der Waals surface area contributed by atoms with Crippen LogP contribution in [0, 0.1) is 11.3 Å². The van der Waals surface area contributed by atoms with Crippen LogP contribution in [0.15, 0.2) is 0 Å². The molecule has 1 N–H and O–H groups in total. The van der Waals surface area contributed by atoms with Gasteiger partial charge >= 0.3 is 0 Å². The van der Waals surface area contributed by atoms with Gasteiger partial charge in [-0.1, -0.05) is 0 Å². The van der Waals surface area contributed by atoms with Crippen LogP contribution in [0.1, 0.15) is 20.3 Å². The van der Waals surface area contributed by atoms with Crippen LogP contribution in [-0.2, 0) is 9.53 Å². The van der Waals surface area contributed by atoms with Crippen LogP contribution in [0.4, 0.5) is 0 Å². The highest BCUT2D eigenvalue weighted by Crippen LogP contribution is 2.40. The molecule has 1 amide bonds. The minimum atomic E-state index is -0.301. The van der Waals surface area contributed by atoms with E-state index in [2.05, 4.69) is 36.0 Å². The molecule has 3 heterocycles. The number of carbonyl (C=O) groups excluding carboxylic acids is 1. The lowest BCUT2D eigenvalue weighted by Crippen LogP contribution is -2.63. The fourth-order valence-electron chi connectivity index (χ4n) is 3.88. The van der Waals surface area contributed by atoms with Crippen molar-refractivity contribution < 1.29 is 9.53 Å². The molecular weight excluding hydrogens is 254 g/mol. The lowest BCUT2D eigenvalue weighted by atomic mass is 9.74. The third kappa shape index (κ3) is 2.16. The van der Waals surface area contributed by atoms with E-state index in [1.165, 1.54) is 0 Å². The Morgan fingerprint density at radius 3 is 2.90 bits per heavy atom. The van der Waals surface area contributed by atoms with Crippen molar-refractivity contribution >= 4 is 5.91 Å². The maximum atomic E-state index is 13.1. The van der Waals surface area contributed by atoms with Crippen LogP contribution < -0.4 is 5.32 Å². The lowest BCUT2D eigenvalue weighted by molar-refractivity contribution is -0.157. The van der Waals surface area contributed by atoms with Gasteiger partial charge in [-0.25, -0.2) is 0 Å². The summed E-state index contributed by atoms with van der Waals surface area (Å²) in [5, 5.41) is 3.42. The number of piperazine rings is 1. The first kappa shape index (κ1) is 14.3. The summed E-state index contributed by atoms with van der Waals surface area (Å²) in [6, 6.07) is 0. The van der Waals surface area contributed by atoms with Gasteiger partial charge in [0.25, 0.3) is 0 Å². The fraction of sp³-hybridized carbons (Fsp3) is 0.933. The minimum Gasteiger partial charge on any atom is -0.380 e. The van der Waals surface area contributed by atoms with Gasteiger partial charge in [-0.2, -0.15) is 0 Å². The SMILES string of the molecule is CN1CCN(C(=O)[C@]23CNC[C@H]2CCOC3)CC1(C)C. The number of rotatable bonds is 1. The van der Waals surface area contributed by atoms with Crippen molar-refractivity contribution in [1.29, 1.82) is 0 Å². The summed E-state index contributed by atoms with van der Waals surface area (Å²) in [5.41, 5.74) is -0.244. The Labute approximate surface area is 121 Å². The van der Waals surface area contributed by atoms with Gasteiger partial charge in [-0.3, -0.25) is 9.69 Å². The molecule has 2 atom stereocenters. The molecule has 5 heteroatoms. The number of amides is 1. The number of nitrogens with one attached hydrogen (secondary N) is 1. The van der Waals surface area contributed by atoms with E-state index in [1.54, 1.807) is 0 Å². The molecule has 3 aliphatic heterocycles. The van der Waals surface area contributed by atoms with Crippen molar-refractivity contribution in [2.45, 2.75) is 25.8 Å². The first-order valence-electron chi connectivity index (χ1n) is 7.75. The van der Waals surface area contributed by atoms with Crippen LogP contribution in [0.3, 0.4) is 0 Å². The second-order valence-corrected chi connectivity index (χ2v) is 7.29. The molecule has 0 saturated carbocycles. The largest absolute Gasteiger partial charge is 0.380 e. The predicted molar refractivity (Wildman–Crippen MR) is 77.5 cm³/mol. The second-order valence-electron chi connectivity index (χ2n) is 7.29. The van der Waals surface area contributed by atoms with E-state index in [9.17, 15) is 4.79 Å². The Morgan fingerprint density at radius 1 is 1.35 bits per heavy atom. The van der Waals surface area contributed by atoms with Crippen LogP contribution in [0.2, 0.25) is 0 Å². The van der Waals surface area contributed by atoms with Gasteiger partial charge in [0.05, 0.1) is 12.0 Å². The van der Waals surface area contributed by atoms with Crippen LogP contribution in [0.5, 0.6) is 0 Å². The van der Waals surface area contributed by atoms with E-state index in [0.29, 0.717) is 18.4 Å². The molecule has 5 nitrogen and oxygen atoms in total. The summed E-state index contributed by atoms with van der Waals surface area (Å²) < 4.78 is 5.67.